The molecule has 0 aromatic heterocycles. The number of rotatable bonds is 2. The highest BCUT2D eigenvalue weighted by atomic mass is 35.5. The molecule has 2 N–H and O–H groups in total. The maximum absolute atomic E-state index is 13.0. The van der Waals surface area contributed by atoms with Gasteiger partial charge in [0.25, 0.3) is 0 Å². The zero-order valence-corrected chi connectivity index (χ0v) is 15.5. The molecule has 0 heterocycles. The van der Waals surface area contributed by atoms with Crippen LogP contribution in [0.5, 0.6) is 0 Å². The van der Waals surface area contributed by atoms with Crippen LogP contribution in [0, 0.1) is 0 Å². The minimum atomic E-state index is -0.205. The van der Waals surface area contributed by atoms with Crippen molar-refractivity contribution < 1.29 is 9.59 Å². The third-order valence-electron chi connectivity index (χ3n) is 4.32. The summed E-state index contributed by atoms with van der Waals surface area (Å²) in [4.78, 5) is 25.8. The van der Waals surface area contributed by atoms with Crippen LogP contribution in [0.2, 0.25) is 5.02 Å². The maximum atomic E-state index is 13.0. The minimum Gasteiger partial charge on any atom is -0.332 e. The lowest BCUT2D eigenvalue weighted by atomic mass is 9.83. The van der Waals surface area contributed by atoms with Gasteiger partial charge in [0.15, 0.2) is 16.7 Å². The molecule has 4 nitrogen and oxygen atoms in total. The third-order valence-corrected chi connectivity index (χ3v) is 4.86. The Morgan fingerprint density at radius 2 is 1.26 bits per heavy atom. The number of halogens is 1. The molecule has 132 valence electrons. The van der Waals surface area contributed by atoms with Crippen LogP contribution in [0.1, 0.15) is 31.8 Å². The molecule has 1 aliphatic carbocycles. The van der Waals surface area contributed by atoms with E-state index in [1.807, 2.05) is 12.1 Å². The Morgan fingerprint density at radius 3 is 2.00 bits per heavy atom. The molecule has 0 spiro atoms. The van der Waals surface area contributed by atoms with E-state index in [9.17, 15) is 9.59 Å². The Labute approximate surface area is 166 Å². The van der Waals surface area contributed by atoms with Crippen molar-refractivity contribution in [2.75, 3.05) is 10.6 Å². The van der Waals surface area contributed by atoms with Gasteiger partial charge in [0.2, 0.25) is 0 Å². The molecule has 0 atom stereocenters. The monoisotopic (exact) mass is 392 g/mol. The lowest BCUT2D eigenvalue weighted by molar-refractivity contribution is 0.0979. The second kappa shape index (κ2) is 6.95. The van der Waals surface area contributed by atoms with Gasteiger partial charge < -0.3 is 10.6 Å². The third kappa shape index (κ3) is 3.12. The van der Waals surface area contributed by atoms with Gasteiger partial charge in [0.05, 0.1) is 22.0 Å². The van der Waals surface area contributed by atoms with Gasteiger partial charge in [0.1, 0.15) is 0 Å². The molecule has 0 amide bonds. The van der Waals surface area contributed by atoms with Crippen LogP contribution in [0.25, 0.3) is 0 Å². The van der Waals surface area contributed by atoms with E-state index in [0.717, 1.165) is 0 Å². The van der Waals surface area contributed by atoms with Crippen LogP contribution < -0.4 is 10.6 Å². The number of fused-ring (bicyclic) bond motifs is 2. The van der Waals surface area contributed by atoms with E-state index >= 15 is 0 Å². The van der Waals surface area contributed by atoms with Gasteiger partial charge in [-0.15, -0.1) is 0 Å². The number of anilines is 2. The number of ketones is 2. The zero-order valence-electron chi connectivity index (χ0n) is 14.0. The van der Waals surface area contributed by atoms with Crippen molar-refractivity contribution in [3.05, 3.63) is 94.0 Å². The first-order valence-electron chi connectivity index (χ1n) is 8.20. The normalized spacial score (nSPS) is 12.2. The van der Waals surface area contributed by atoms with Gasteiger partial charge >= 0.3 is 0 Å². The molecule has 1 aliphatic rings. The van der Waals surface area contributed by atoms with Crippen molar-refractivity contribution in [1.82, 2.24) is 0 Å². The lowest BCUT2D eigenvalue weighted by Gasteiger charge is -2.21. The zero-order chi connectivity index (χ0) is 19.0. The molecule has 3 aromatic carbocycles. The van der Waals surface area contributed by atoms with Crippen LogP contribution in [-0.2, 0) is 0 Å². The second-order valence-electron chi connectivity index (χ2n) is 5.99. The van der Waals surface area contributed by atoms with Gasteiger partial charge in [-0.2, -0.15) is 0 Å². The molecule has 0 unspecified atom stereocenters. The number of para-hydroxylation sites is 1. The number of hydrogen-bond acceptors (Lipinski definition) is 3. The summed E-state index contributed by atoms with van der Waals surface area (Å²) in [5, 5.41) is 6.82. The van der Waals surface area contributed by atoms with Gasteiger partial charge in [0, 0.05) is 16.7 Å². The van der Waals surface area contributed by atoms with E-state index in [1.54, 1.807) is 54.6 Å². The number of carbonyl (C=O) groups is 2. The van der Waals surface area contributed by atoms with Crippen LogP contribution in [0.4, 0.5) is 11.4 Å². The van der Waals surface area contributed by atoms with Crippen LogP contribution in [0.15, 0.2) is 66.7 Å². The van der Waals surface area contributed by atoms with E-state index in [1.165, 1.54) is 0 Å². The predicted molar refractivity (Wildman–Crippen MR) is 111 cm³/mol. The van der Waals surface area contributed by atoms with Gasteiger partial charge in [-0.05, 0) is 30.4 Å². The fourth-order valence-corrected chi connectivity index (χ4v) is 3.49. The summed E-state index contributed by atoms with van der Waals surface area (Å²) in [6, 6.07) is 19.1. The van der Waals surface area contributed by atoms with Crippen molar-refractivity contribution in [3.63, 3.8) is 0 Å². The van der Waals surface area contributed by atoms with Crippen molar-refractivity contribution in [2.45, 2.75) is 0 Å². The van der Waals surface area contributed by atoms with E-state index in [0.29, 0.717) is 38.7 Å². The largest absolute Gasteiger partial charge is 0.332 e. The first-order chi connectivity index (χ1) is 13.1. The first-order valence-corrected chi connectivity index (χ1v) is 8.99. The highest BCUT2D eigenvalue weighted by Gasteiger charge is 2.31. The molecule has 0 radical (unpaired) electrons. The summed E-state index contributed by atoms with van der Waals surface area (Å²) >= 11 is 11.5. The molecule has 27 heavy (non-hydrogen) atoms. The molecule has 0 fully saturated rings. The molecule has 0 bridgehead atoms. The standard InChI is InChI=1S/C21H13ClN2O2S/c22-15-9-3-4-10-16(15)23-21(27)24-17-11-5-8-14-18(17)20(26)13-7-2-1-6-12(13)19(14)25/h1-11H,(H2,23,24,27). The molecule has 0 saturated heterocycles. The summed E-state index contributed by atoms with van der Waals surface area (Å²) in [6.45, 7) is 0. The highest BCUT2D eigenvalue weighted by Crippen LogP contribution is 2.32. The van der Waals surface area contributed by atoms with Crippen LogP contribution in [-0.4, -0.2) is 16.7 Å². The minimum absolute atomic E-state index is 0.172. The highest BCUT2D eigenvalue weighted by molar-refractivity contribution is 7.80. The van der Waals surface area contributed by atoms with E-state index in [2.05, 4.69) is 10.6 Å². The fourth-order valence-electron chi connectivity index (χ4n) is 3.09. The molecule has 6 heteroatoms. The average Bonchev–Trinajstić information content (AvgIpc) is 2.68. The molecule has 0 aliphatic heterocycles. The summed E-state index contributed by atoms with van der Waals surface area (Å²) in [5.41, 5.74) is 2.63. The van der Waals surface area contributed by atoms with Crippen molar-refractivity contribution in [2.24, 2.45) is 0 Å². The fraction of sp³-hybridized carbons (Fsp3) is 0. The topological polar surface area (TPSA) is 58.2 Å². The lowest BCUT2D eigenvalue weighted by Crippen LogP contribution is -2.25. The van der Waals surface area contributed by atoms with E-state index < -0.39 is 0 Å². The average molecular weight is 393 g/mol. The Morgan fingerprint density at radius 1 is 0.704 bits per heavy atom. The smallest absolute Gasteiger partial charge is 0.196 e. The van der Waals surface area contributed by atoms with Crippen molar-refractivity contribution in [3.8, 4) is 0 Å². The number of hydrogen-bond donors (Lipinski definition) is 2. The molecule has 3 aromatic rings. The first kappa shape index (κ1) is 17.4. The van der Waals surface area contributed by atoms with Gasteiger partial charge in [-0.25, -0.2) is 0 Å². The predicted octanol–water partition coefficient (Wildman–Crippen LogP) is 4.92. The summed E-state index contributed by atoms with van der Waals surface area (Å²) in [5.74, 6) is -0.377. The number of benzene rings is 3. The van der Waals surface area contributed by atoms with Crippen molar-refractivity contribution in [1.29, 1.82) is 0 Å². The molecule has 4 rings (SSSR count). The molecular weight excluding hydrogens is 380 g/mol. The number of thiocarbonyl (C=S) groups is 1. The van der Waals surface area contributed by atoms with Gasteiger partial charge in [-0.1, -0.05) is 60.1 Å². The summed E-state index contributed by atoms with van der Waals surface area (Å²) in [7, 11) is 0. The Bertz CT molecular complexity index is 1110. The quantitative estimate of drug-likeness (QED) is 0.474. The van der Waals surface area contributed by atoms with E-state index in [-0.39, 0.29) is 16.7 Å². The number of nitrogens with one attached hydrogen (secondary N) is 2. The Hall–Kier alpha value is -3.02. The Kier molecular flexibility index (Phi) is 4.48. The van der Waals surface area contributed by atoms with E-state index in [4.69, 9.17) is 23.8 Å². The van der Waals surface area contributed by atoms with Crippen LogP contribution >= 0.6 is 23.8 Å². The summed E-state index contributed by atoms with van der Waals surface area (Å²) in [6.07, 6.45) is 0. The Balaban J connectivity index is 1.68. The molecular formula is C21H13ClN2O2S. The van der Waals surface area contributed by atoms with Crippen molar-refractivity contribution >= 4 is 51.9 Å². The summed E-state index contributed by atoms with van der Waals surface area (Å²) < 4.78 is 0. The number of carbonyl (C=O) groups excluding carboxylic acids is 2. The maximum Gasteiger partial charge on any atom is 0.196 e. The second-order valence-corrected chi connectivity index (χ2v) is 6.81. The van der Waals surface area contributed by atoms with Gasteiger partial charge in [-0.3, -0.25) is 9.59 Å². The molecule has 0 saturated carbocycles. The SMILES string of the molecule is O=C1c2ccccc2C(=O)c2c(NC(=S)Nc3ccccc3Cl)cccc21. The van der Waals surface area contributed by atoms with Crippen LogP contribution in [0.3, 0.4) is 0 Å².